The molecule has 1 atom stereocenters. The van der Waals surface area contributed by atoms with Gasteiger partial charge in [-0.25, -0.2) is 0 Å². The monoisotopic (exact) mass is 533 g/mol. The number of benzene rings is 2. The molecule has 1 N–H and O–H groups in total. The first-order chi connectivity index (χ1) is 19.3. The van der Waals surface area contributed by atoms with E-state index < -0.39 is 0 Å². The molecular formula is C35H37N2O3+. The smallest absolute Gasteiger partial charge is 0.209 e. The number of nitrogens with one attached hydrogen (secondary N) is 1. The van der Waals surface area contributed by atoms with E-state index in [1.54, 1.807) is 14.2 Å². The molecule has 1 aliphatic heterocycles. The van der Waals surface area contributed by atoms with Gasteiger partial charge in [-0.3, -0.25) is 4.79 Å². The molecule has 3 aromatic rings. The summed E-state index contributed by atoms with van der Waals surface area (Å²) >= 11 is 0. The van der Waals surface area contributed by atoms with Crippen LogP contribution in [0, 0.1) is 5.41 Å². The first-order valence-electron chi connectivity index (χ1n) is 13.7. The number of para-hydroxylation sites is 1. The number of ketones is 1. The molecule has 0 fully saturated rings. The Hall–Kier alpha value is -4.22. The third kappa shape index (κ3) is 4.31. The summed E-state index contributed by atoms with van der Waals surface area (Å²) in [5.41, 5.74) is 7.67. The number of fused-ring (bicyclic) bond motifs is 1. The van der Waals surface area contributed by atoms with E-state index in [-0.39, 0.29) is 17.3 Å². The van der Waals surface area contributed by atoms with Crippen molar-refractivity contribution < 1.29 is 18.8 Å². The van der Waals surface area contributed by atoms with Gasteiger partial charge in [-0.2, -0.15) is 4.58 Å². The van der Waals surface area contributed by atoms with Gasteiger partial charge in [0, 0.05) is 47.7 Å². The van der Waals surface area contributed by atoms with E-state index in [0.29, 0.717) is 16.9 Å². The maximum atomic E-state index is 14.1. The topological polar surface area (TPSA) is 54.3 Å². The molecule has 40 heavy (non-hydrogen) atoms. The van der Waals surface area contributed by atoms with Gasteiger partial charge in [-0.05, 0) is 32.4 Å². The average molecular weight is 534 g/mol. The Labute approximate surface area is 236 Å². The highest BCUT2D eigenvalue weighted by molar-refractivity contribution is 6.42. The highest BCUT2D eigenvalue weighted by Gasteiger charge is 2.47. The van der Waals surface area contributed by atoms with Gasteiger partial charge in [0.05, 0.1) is 35.5 Å². The van der Waals surface area contributed by atoms with Crippen molar-refractivity contribution in [2.45, 2.75) is 33.3 Å². The van der Waals surface area contributed by atoms with Gasteiger partial charge in [0.25, 0.3) is 0 Å². The molecule has 0 amide bonds. The van der Waals surface area contributed by atoms with Crippen LogP contribution in [0.5, 0.6) is 0 Å². The molecule has 0 saturated carbocycles. The number of carbonyl (C=O) groups is 1. The van der Waals surface area contributed by atoms with Crippen molar-refractivity contribution in [1.29, 1.82) is 0 Å². The summed E-state index contributed by atoms with van der Waals surface area (Å²) < 4.78 is 13.7. The fraction of sp³-hybridized carbons (Fsp3) is 0.257. The minimum atomic E-state index is -0.376. The molecule has 0 saturated heterocycles. The molecule has 2 aliphatic rings. The normalized spacial score (nSPS) is 18.5. The Bertz CT molecular complexity index is 1640. The predicted molar refractivity (Wildman–Crippen MR) is 163 cm³/mol. The van der Waals surface area contributed by atoms with E-state index in [2.05, 4.69) is 55.6 Å². The number of H-pyrrole nitrogens is 1. The lowest BCUT2D eigenvalue weighted by Gasteiger charge is -2.26. The first-order valence-corrected chi connectivity index (χ1v) is 13.7. The van der Waals surface area contributed by atoms with Crippen molar-refractivity contribution in [1.82, 2.24) is 4.98 Å². The zero-order chi connectivity index (χ0) is 28.6. The lowest BCUT2D eigenvalue weighted by Crippen LogP contribution is -2.31. The summed E-state index contributed by atoms with van der Waals surface area (Å²) in [6.07, 6.45) is 6.69. The van der Waals surface area contributed by atoms with Crippen molar-refractivity contribution >= 4 is 28.0 Å². The molecule has 5 rings (SSSR count). The summed E-state index contributed by atoms with van der Waals surface area (Å²) in [6.45, 7) is 15.3. The number of hydrogen-bond acceptors (Lipinski definition) is 3. The van der Waals surface area contributed by atoms with Crippen LogP contribution in [0.25, 0.3) is 27.7 Å². The summed E-state index contributed by atoms with van der Waals surface area (Å²) in [7, 11) is 3.36. The quantitative estimate of drug-likeness (QED) is 0.221. The molecule has 2 heterocycles. The molecule has 1 aliphatic carbocycles. The molecule has 0 spiro atoms. The van der Waals surface area contributed by atoms with Gasteiger partial charge in [0.1, 0.15) is 5.76 Å². The van der Waals surface area contributed by atoms with E-state index >= 15 is 0 Å². The van der Waals surface area contributed by atoms with Crippen LogP contribution in [0.4, 0.5) is 0 Å². The second-order valence-corrected chi connectivity index (χ2v) is 10.8. The van der Waals surface area contributed by atoms with Crippen molar-refractivity contribution in [3.63, 3.8) is 0 Å². The molecule has 2 aromatic carbocycles. The van der Waals surface area contributed by atoms with Crippen molar-refractivity contribution in [2.24, 2.45) is 5.41 Å². The minimum absolute atomic E-state index is 0.0282. The third-order valence-corrected chi connectivity index (χ3v) is 8.18. The summed E-state index contributed by atoms with van der Waals surface area (Å²) in [5, 5.41) is 0.992. The Morgan fingerprint density at radius 3 is 2.38 bits per heavy atom. The molecule has 204 valence electrons. The number of allylic oxidation sites excluding steroid dienone is 6. The maximum absolute atomic E-state index is 14.1. The predicted octanol–water partition coefficient (Wildman–Crippen LogP) is 7.25. The van der Waals surface area contributed by atoms with Gasteiger partial charge < -0.3 is 14.5 Å². The van der Waals surface area contributed by atoms with Gasteiger partial charge in [0.2, 0.25) is 11.5 Å². The molecule has 0 radical (unpaired) electrons. The minimum Gasteiger partial charge on any atom is -0.495 e. The molecule has 1 aromatic heterocycles. The summed E-state index contributed by atoms with van der Waals surface area (Å²) in [6, 6.07) is 18.2. The van der Waals surface area contributed by atoms with Crippen molar-refractivity contribution in [3.8, 4) is 11.3 Å². The zero-order valence-corrected chi connectivity index (χ0v) is 24.0. The Kier molecular flexibility index (Phi) is 7.35. The molecule has 5 heteroatoms. The van der Waals surface area contributed by atoms with E-state index in [1.165, 1.54) is 0 Å². The second kappa shape index (κ2) is 10.7. The van der Waals surface area contributed by atoms with Crippen LogP contribution >= 0.6 is 0 Å². The number of nitrogens with zero attached hydrogens (tertiary/aromatic N) is 1. The Morgan fingerprint density at radius 2 is 1.73 bits per heavy atom. The number of aromatic amines is 1. The number of carbonyl (C=O) groups excluding carboxylic acids is 1. The van der Waals surface area contributed by atoms with Gasteiger partial charge >= 0.3 is 0 Å². The molecular weight excluding hydrogens is 496 g/mol. The van der Waals surface area contributed by atoms with Crippen LogP contribution in [0.1, 0.15) is 32.8 Å². The molecule has 1 unspecified atom stereocenters. The second-order valence-electron chi connectivity index (χ2n) is 10.8. The van der Waals surface area contributed by atoms with Crippen LogP contribution in [0.3, 0.4) is 0 Å². The number of aromatic nitrogens is 1. The van der Waals surface area contributed by atoms with E-state index in [4.69, 9.17) is 9.47 Å². The number of Topliss-reactive ketones (excluding diaryl/α,β-unsaturated/α-hetero) is 1. The number of rotatable bonds is 10. The van der Waals surface area contributed by atoms with Gasteiger partial charge in [0.15, 0.2) is 12.3 Å². The summed E-state index contributed by atoms with van der Waals surface area (Å²) in [4.78, 5) is 17.6. The lowest BCUT2D eigenvalue weighted by molar-refractivity contribution is -0.471. The lowest BCUT2D eigenvalue weighted by atomic mass is 9.76. The molecule has 5 nitrogen and oxygen atoms in total. The Balaban J connectivity index is 1.69. The van der Waals surface area contributed by atoms with E-state index in [1.807, 2.05) is 60.7 Å². The highest BCUT2D eigenvalue weighted by Crippen LogP contribution is 2.46. The molecule has 0 bridgehead atoms. The fourth-order valence-electron chi connectivity index (χ4n) is 5.92. The van der Waals surface area contributed by atoms with Gasteiger partial charge in [-0.15, -0.1) is 0 Å². The Morgan fingerprint density at radius 1 is 1.02 bits per heavy atom. The first kappa shape index (κ1) is 27.4. The third-order valence-electron chi connectivity index (χ3n) is 8.18. The standard InChI is InChI=1S/C35H36N2O3/c1-8-26-28(9-2)37(20-19-22(3)39-6)29(35(26,4)5)21-25-33(38)31(34(25)40-7)30-24-17-13-14-18-27(24)36-32(30)23-15-11-10-12-16-23/h8-18,21-22H,1-2,19-20H2,3-7H3/p+1. The SMILES string of the molecule is C=CC1=C(C=C)C(C)(C)C(/C=C2\C(=O)C(c3c(-c4ccccc4)[nH]c4ccccc34)=C2OC)=[N+]1CCC(C)OC. The fourth-order valence-corrected chi connectivity index (χ4v) is 5.92. The van der Waals surface area contributed by atoms with E-state index in [9.17, 15) is 4.79 Å². The van der Waals surface area contributed by atoms with Crippen molar-refractivity contribution in [3.05, 3.63) is 114 Å². The maximum Gasteiger partial charge on any atom is 0.209 e. The number of ether oxygens (including phenoxy) is 2. The van der Waals surface area contributed by atoms with E-state index in [0.717, 1.165) is 57.7 Å². The van der Waals surface area contributed by atoms with Crippen LogP contribution in [0.2, 0.25) is 0 Å². The van der Waals surface area contributed by atoms with Crippen molar-refractivity contribution in [2.75, 3.05) is 20.8 Å². The zero-order valence-electron chi connectivity index (χ0n) is 24.0. The summed E-state index contributed by atoms with van der Waals surface area (Å²) in [5.74, 6) is 0.576. The highest BCUT2D eigenvalue weighted by atomic mass is 16.5. The number of hydrogen-bond donors (Lipinski definition) is 1. The van der Waals surface area contributed by atoms with Crippen LogP contribution in [-0.2, 0) is 14.3 Å². The number of methoxy groups -OCH3 is 2. The van der Waals surface area contributed by atoms with Gasteiger partial charge in [-0.1, -0.05) is 67.8 Å². The van der Waals surface area contributed by atoms with Crippen LogP contribution in [-0.4, -0.2) is 47.9 Å². The largest absolute Gasteiger partial charge is 0.495 e. The average Bonchev–Trinajstić information content (AvgIpc) is 3.44. The van der Waals surface area contributed by atoms with Crippen LogP contribution < -0.4 is 0 Å². The van der Waals surface area contributed by atoms with Crippen LogP contribution in [0.15, 0.2) is 109 Å².